The summed E-state index contributed by atoms with van der Waals surface area (Å²) in [5, 5.41) is 3.17. The Kier molecular flexibility index (Phi) is 4.37. The fourth-order valence-corrected chi connectivity index (χ4v) is 2.63. The van der Waals surface area contributed by atoms with Gasteiger partial charge in [0, 0.05) is 18.3 Å². The van der Waals surface area contributed by atoms with E-state index in [0.717, 1.165) is 31.4 Å². The van der Waals surface area contributed by atoms with Crippen molar-refractivity contribution in [3.63, 3.8) is 0 Å². The number of nitrogens with one attached hydrogen (secondary N) is 1. The molecule has 1 aromatic carbocycles. The molecule has 2 nitrogen and oxygen atoms in total. The third-order valence-electron chi connectivity index (χ3n) is 3.58. The van der Waals surface area contributed by atoms with Crippen molar-refractivity contribution in [2.75, 3.05) is 18.5 Å². The van der Waals surface area contributed by atoms with E-state index in [2.05, 4.69) is 17.4 Å². The molecule has 1 aliphatic carbocycles. The van der Waals surface area contributed by atoms with E-state index in [1.165, 1.54) is 5.56 Å². The van der Waals surface area contributed by atoms with Crippen molar-refractivity contribution in [2.24, 2.45) is 5.73 Å². The number of alkyl halides is 1. The lowest BCUT2D eigenvalue weighted by molar-refractivity contribution is 0.396. The van der Waals surface area contributed by atoms with Crippen LogP contribution in [0.15, 0.2) is 24.3 Å². The normalized spacial score (nSPS) is 24.6. The highest BCUT2D eigenvalue weighted by Gasteiger charge is 2.21. The minimum absolute atomic E-state index is 0.329. The van der Waals surface area contributed by atoms with E-state index in [-0.39, 0.29) is 6.67 Å². The number of benzene rings is 1. The molecule has 0 radical (unpaired) electrons. The van der Waals surface area contributed by atoms with Gasteiger partial charge in [-0.15, -0.1) is 0 Å². The van der Waals surface area contributed by atoms with Gasteiger partial charge in [0.2, 0.25) is 0 Å². The topological polar surface area (TPSA) is 38.0 Å². The summed E-state index contributed by atoms with van der Waals surface area (Å²) in [5.74, 6) is 0.582. The molecule has 0 spiro atoms. The number of halogens is 1. The first-order chi connectivity index (χ1) is 8.31. The molecule has 17 heavy (non-hydrogen) atoms. The minimum atomic E-state index is -0.329. The fraction of sp³-hybridized carbons (Fsp3) is 0.571. The maximum atomic E-state index is 12.2. The van der Waals surface area contributed by atoms with Gasteiger partial charge < -0.3 is 11.1 Å². The molecule has 1 aliphatic rings. The Balaban J connectivity index is 2.08. The fourth-order valence-electron chi connectivity index (χ4n) is 2.63. The molecule has 0 amide bonds. The van der Waals surface area contributed by atoms with Crippen LogP contribution in [0.1, 0.15) is 37.2 Å². The summed E-state index contributed by atoms with van der Waals surface area (Å²) in [6, 6.07) is 8.63. The summed E-state index contributed by atoms with van der Waals surface area (Å²) >= 11 is 0. The average Bonchev–Trinajstić information content (AvgIpc) is 2.38. The monoisotopic (exact) mass is 236 g/mol. The van der Waals surface area contributed by atoms with Gasteiger partial charge in [-0.3, -0.25) is 0 Å². The van der Waals surface area contributed by atoms with Crippen LogP contribution in [0.4, 0.5) is 10.1 Å². The molecule has 0 bridgehead atoms. The third kappa shape index (κ3) is 3.19. The predicted octanol–water partition coefficient (Wildman–Crippen LogP) is 3.05. The first-order valence-corrected chi connectivity index (χ1v) is 6.45. The van der Waals surface area contributed by atoms with E-state index in [9.17, 15) is 4.39 Å². The number of hydrogen-bond acceptors (Lipinski definition) is 2. The van der Waals surface area contributed by atoms with Crippen LogP contribution in [-0.4, -0.2) is 19.3 Å². The maximum absolute atomic E-state index is 12.2. The Morgan fingerprint density at radius 2 is 1.88 bits per heavy atom. The quantitative estimate of drug-likeness (QED) is 0.843. The summed E-state index contributed by atoms with van der Waals surface area (Å²) < 4.78 is 12.2. The summed E-state index contributed by atoms with van der Waals surface area (Å²) in [5.41, 5.74) is 8.34. The molecular formula is C14H21FN2. The number of para-hydroxylation sites is 1. The van der Waals surface area contributed by atoms with Gasteiger partial charge in [0.1, 0.15) is 6.67 Å². The van der Waals surface area contributed by atoms with Crippen LogP contribution < -0.4 is 11.1 Å². The zero-order valence-electron chi connectivity index (χ0n) is 10.2. The number of nitrogens with two attached hydrogens (primary N) is 1. The van der Waals surface area contributed by atoms with Gasteiger partial charge in [-0.1, -0.05) is 18.2 Å². The lowest BCUT2D eigenvalue weighted by Gasteiger charge is -2.28. The smallest absolute Gasteiger partial charge is 0.107 e. The Morgan fingerprint density at radius 3 is 2.59 bits per heavy atom. The van der Waals surface area contributed by atoms with Crippen molar-refractivity contribution in [1.82, 2.24) is 0 Å². The van der Waals surface area contributed by atoms with Crippen LogP contribution in [0.5, 0.6) is 0 Å². The van der Waals surface area contributed by atoms with Crippen molar-refractivity contribution in [1.29, 1.82) is 0 Å². The molecule has 1 fully saturated rings. The highest BCUT2D eigenvalue weighted by Crippen LogP contribution is 2.35. The van der Waals surface area contributed by atoms with Gasteiger partial charge in [-0.25, -0.2) is 4.39 Å². The second kappa shape index (κ2) is 6.01. The van der Waals surface area contributed by atoms with E-state index in [0.29, 0.717) is 18.5 Å². The Morgan fingerprint density at radius 1 is 1.18 bits per heavy atom. The van der Waals surface area contributed by atoms with E-state index in [1.54, 1.807) is 0 Å². The first-order valence-electron chi connectivity index (χ1n) is 6.45. The van der Waals surface area contributed by atoms with Gasteiger partial charge in [0.15, 0.2) is 0 Å². The number of hydrogen-bond donors (Lipinski definition) is 2. The highest BCUT2D eigenvalue weighted by molar-refractivity contribution is 5.52. The summed E-state index contributed by atoms with van der Waals surface area (Å²) in [6.45, 7) is 0.0626. The predicted molar refractivity (Wildman–Crippen MR) is 70.1 cm³/mol. The van der Waals surface area contributed by atoms with Gasteiger partial charge in [0.25, 0.3) is 0 Å². The summed E-state index contributed by atoms with van der Waals surface area (Å²) in [6.07, 6.45) is 4.50. The van der Waals surface area contributed by atoms with Crippen LogP contribution in [-0.2, 0) is 0 Å². The van der Waals surface area contributed by atoms with Crippen LogP contribution in [0.25, 0.3) is 0 Å². The van der Waals surface area contributed by atoms with Gasteiger partial charge in [0.05, 0.1) is 0 Å². The molecule has 1 aromatic rings. The molecular weight excluding hydrogens is 215 g/mol. The summed E-state index contributed by atoms with van der Waals surface area (Å²) in [4.78, 5) is 0. The standard InChI is InChI=1S/C14H21FN2/c15-9-10-17-14-4-2-1-3-13(14)11-5-7-12(16)8-6-11/h1-4,11-12,17H,5-10,16H2. The molecule has 3 heteroatoms. The molecule has 0 aromatic heterocycles. The van der Waals surface area contributed by atoms with Crippen molar-refractivity contribution >= 4 is 5.69 Å². The number of anilines is 1. The highest BCUT2D eigenvalue weighted by atomic mass is 19.1. The Labute approximate surface area is 102 Å². The van der Waals surface area contributed by atoms with Crippen LogP contribution in [0.3, 0.4) is 0 Å². The SMILES string of the molecule is NC1CCC(c2ccccc2NCCF)CC1. The van der Waals surface area contributed by atoms with E-state index >= 15 is 0 Å². The molecule has 0 heterocycles. The molecule has 3 N–H and O–H groups in total. The minimum Gasteiger partial charge on any atom is -0.382 e. The van der Waals surface area contributed by atoms with Gasteiger partial charge >= 0.3 is 0 Å². The van der Waals surface area contributed by atoms with E-state index < -0.39 is 0 Å². The van der Waals surface area contributed by atoms with Gasteiger partial charge in [-0.2, -0.15) is 0 Å². The molecule has 94 valence electrons. The van der Waals surface area contributed by atoms with E-state index in [1.807, 2.05) is 12.1 Å². The van der Waals surface area contributed by atoms with Crippen molar-refractivity contribution < 1.29 is 4.39 Å². The molecule has 0 atom stereocenters. The zero-order valence-corrected chi connectivity index (χ0v) is 10.2. The second-order valence-corrected chi connectivity index (χ2v) is 4.81. The second-order valence-electron chi connectivity index (χ2n) is 4.81. The van der Waals surface area contributed by atoms with Crippen LogP contribution in [0, 0.1) is 0 Å². The molecule has 1 saturated carbocycles. The summed E-state index contributed by atoms with van der Waals surface area (Å²) in [7, 11) is 0. The molecule has 2 rings (SSSR count). The molecule has 0 aliphatic heterocycles. The maximum Gasteiger partial charge on any atom is 0.107 e. The average molecular weight is 236 g/mol. The van der Waals surface area contributed by atoms with Crippen LogP contribution in [0.2, 0.25) is 0 Å². The van der Waals surface area contributed by atoms with Gasteiger partial charge in [-0.05, 0) is 43.2 Å². The van der Waals surface area contributed by atoms with Crippen molar-refractivity contribution in [3.8, 4) is 0 Å². The van der Waals surface area contributed by atoms with Crippen LogP contribution >= 0.6 is 0 Å². The van der Waals surface area contributed by atoms with E-state index in [4.69, 9.17) is 5.73 Å². The van der Waals surface area contributed by atoms with Crippen molar-refractivity contribution in [2.45, 2.75) is 37.6 Å². The third-order valence-corrected chi connectivity index (χ3v) is 3.58. The van der Waals surface area contributed by atoms with Crippen molar-refractivity contribution in [3.05, 3.63) is 29.8 Å². The zero-order chi connectivity index (χ0) is 12.1. The Bertz CT molecular complexity index is 346. The lowest BCUT2D eigenvalue weighted by Crippen LogP contribution is -2.26. The lowest BCUT2D eigenvalue weighted by atomic mass is 9.81. The largest absolute Gasteiger partial charge is 0.382 e. The first kappa shape index (κ1) is 12.4. The molecule has 0 saturated heterocycles. The number of rotatable bonds is 4. The Hall–Kier alpha value is -1.09. The molecule has 0 unspecified atom stereocenters.